The summed E-state index contributed by atoms with van der Waals surface area (Å²) in [5.41, 5.74) is 0.335. The van der Waals surface area contributed by atoms with E-state index in [4.69, 9.17) is 4.74 Å². The third-order valence-corrected chi connectivity index (χ3v) is 5.16. The third-order valence-electron chi connectivity index (χ3n) is 3.95. The first-order valence-corrected chi connectivity index (χ1v) is 9.02. The molecule has 20 heavy (non-hydrogen) atoms. The maximum Gasteiger partial charge on any atom is 0.182 e. The molecule has 1 heterocycles. The predicted octanol–water partition coefficient (Wildman–Crippen LogP) is 2.22. The van der Waals surface area contributed by atoms with E-state index in [0.717, 1.165) is 18.7 Å². The highest BCUT2D eigenvalue weighted by Gasteiger charge is 2.35. The van der Waals surface area contributed by atoms with E-state index in [1.165, 1.54) is 4.90 Å². The van der Waals surface area contributed by atoms with Crippen molar-refractivity contribution in [3.8, 4) is 0 Å². The number of morpholine rings is 1. The van der Waals surface area contributed by atoms with Gasteiger partial charge in [-0.15, -0.1) is 0 Å². The molecule has 1 aliphatic rings. The standard InChI is InChI=1S/C16H24NO2S/c1-16(2,17-9-11-19-12-10-17)15(18)13-5-7-14(8-6-13)20(3)4/h5-8H,9-12H2,1-4H3/q+1. The van der Waals surface area contributed by atoms with Gasteiger partial charge in [0.05, 0.1) is 18.8 Å². The van der Waals surface area contributed by atoms with Crippen molar-refractivity contribution >= 4 is 16.7 Å². The van der Waals surface area contributed by atoms with Crippen LogP contribution in [0.4, 0.5) is 0 Å². The smallest absolute Gasteiger partial charge is 0.182 e. The maximum atomic E-state index is 12.8. The second-order valence-electron chi connectivity index (χ2n) is 5.83. The summed E-state index contributed by atoms with van der Waals surface area (Å²) in [4.78, 5) is 16.3. The van der Waals surface area contributed by atoms with Gasteiger partial charge in [-0.3, -0.25) is 9.69 Å². The number of rotatable bonds is 4. The van der Waals surface area contributed by atoms with Crippen molar-refractivity contribution in [3.63, 3.8) is 0 Å². The van der Waals surface area contributed by atoms with Gasteiger partial charge in [0, 0.05) is 29.5 Å². The van der Waals surface area contributed by atoms with Crippen LogP contribution in [0.15, 0.2) is 29.2 Å². The zero-order valence-corrected chi connectivity index (χ0v) is 13.6. The summed E-state index contributed by atoms with van der Waals surface area (Å²) in [7, 11) is 0.236. The first kappa shape index (κ1) is 15.5. The van der Waals surface area contributed by atoms with Crippen molar-refractivity contribution in [1.29, 1.82) is 0 Å². The average Bonchev–Trinajstić information content (AvgIpc) is 2.47. The molecule has 0 amide bonds. The second-order valence-corrected chi connectivity index (χ2v) is 7.93. The topological polar surface area (TPSA) is 29.5 Å². The molecule has 4 heteroatoms. The van der Waals surface area contributed by atoms with Crippen LogP contribution in [0.25, 0.3) is 0 Å². The van der Waals surface area contributed by atoms with Gasteiger partial charge in [0.2, 0.25) is 0 Å². The van der Waals surface area contributed by atoms with Crippen molar-refractivity contribution < 1.29 is 9.53 Å². The van der Waals surface area contributed by atoms with Crippen molar-refractivity contribution in [2.24, 2.45) is 0 Å². The van der Waals surface area contributed by atoms with Gasteiger partial charge in [-0.2, -0.15) is 0 Å². The first-order chi connectivity index (χ1) is 9.43. The molecule has 3 nitrogen and oxygen atoms in total. The van der Waals surface area contributed by atoms with Crippen molar-refractivity contribution in [3.05, 3.63) is 29.8 Å². The van der Waals surface area contributed by atoms with Crippen LogP contribution >= 0.6 is 0 Å². The molecule has 0 N–H and O–H groups in total. The molecular weight excluding hydrogens is 270 g/mol. The molecule has 0 atom stereocenters. The van der Waals surface area contributed by atoms with Gasteiger partial charge < -0.3 is 4.74 Å². The van der Waals surface area contributed by atoms with Crippen LogP contribution in [0.3, 0.4) is 0 Å². The van der Waals surface area contributed by atoms with E-state index >= 15 is 0 Å². The Labute approximate surface area is 124 Å². The minimum Gasteiger partial charge on any atom is -0.379 e. The fraction of sp³-hybridized carbons (Fsp3) is 0.562. The minimum atomic E-state index is -0.467. The number of carbonyl (C=O) groups excluding carboxylic acids is 1. The summed E-state index contributed by atoms with van der Waals surface area (Å²) in [5, 5.41) is 0. The lowest BCUT2D eigenvalue weighted by atomic mass is 9.91. The van der Waals surface area contributed by atoms with Gasteiger partial charge in [0.15, 0.2) is 10.7 Å². The molecule has 1 aromatic carbocycles. The average molecular weight is 294 g/mol. The number of ether oxygens (including phenoxy) is 1. The van der Waals surface area contributed by atoms with E-state index < -0.39 is 5.54 Å². The van der Waals surface area contributed by atoms with Gasteiger partial charge in [0.25, 0.3) is 0 Å². The Morgan fingerprint density at radius 2 is 1.70 bits per heavy atom. The summed E-state index contributed by atoms with van der Waals surface area (Å²) in [6.45, 7) is 7.10. The van der Waals surface area contributed by atoms with E-state index in [2.05, 4.69) is 29.5 Å². The molecule has 2 rings (SSSR count). The van der Waals surface area contributed by atoms with Crippen LogP contribution in [-0.4, -0.2) is 55.0 Å². The molecule has 110 valence electrons. The van der Waals surface area contributed by atoms with Gasteiger partial charge in [-0.05, 0) is 38.1 Å². The summed E-state index contributed by atoms with van der Waals surface area (Å²) in [6.07, 6.45) is 4.38. The zero-order valence-electron chi connectivity index (χ0n) is 12.8. The molecule has 0 bridgehead atoms. The number of hydrogen-bond donors (Lipinski definition) is 0. The highest BCUT2D eigenvalue weighted by Crippen LogP contribution is 2.22. The molecule has 0 aromatic heterocycles. The Bertz CT molecular complexity index is 462. The summed E-state index contributed by atoms with van der Waals surface area (Å²) < 4.78 is 5.37. The number of Topliss-reactive ketones (excluding diaryl/α,β-unsaturated/α-hetero) is 1. The van der Waals surface area contributed by atoms with Gasteiger partial charge in [-0.25, -0.2) is 0 Å². The first-order valence-electron chi connectivity index (χ1n) is 6.98. The Balaban J connectivity index is 2.16. The summed E-state index contributed by atoms with van der Waals surface area (Å²) >= 11 is 0. The normalized spacial score (nSPS) is 17.4. The van der Waals surface area contributed by atoms with Crippen LogP contribution in [-0.2, 0) is 15.6 Å². The van der Waals surface area contributed by atoms with Gasteiger partial charge >= 0.3 is 0 Å². The van der Waals surface area contributed by atoms with Crippen LogP contribution in [0.2, 0.25) is 0 Å². The lowest BCUT2D eigenvalue weighted by molar-refractivity contribution is -0.00430. The van der Waals surface area contributed by atoms with E-state index in [1.807, 2.05) is 26.0 Å². The van der Waals surface area contributed by atoms with Crippen molar-refractivity contribution in [2.45, 2.75) is 24.3 Å². The van der Waals surface area contributed by atoms with Crippen LogP contribution in [0, 0.1) is 0 Å². The number of ketones is 1. The Kier molecular flexibility index (Phi) is 4.89. The van der Waals surface area contributed by atoms with Gasteiger partial charge in [-0.1, -0.05) is 0 Å². The van der Waals surface area contributed by atoms with Crippen LogP contribution in [0.1, 0.15) is 24.2 Å². The van der Waals surface area contributed by atoms with Crippen LogP contribution < -0.4 is 0 Å². The molecule has 0 saturated carbocycles. The number of nitrogens with zero attached hydrogens (tertiary/aromatic N) is 1. The SMILES string of the molecule is C[S+](C)c1ccc(C(=O)C(C)(C)N2CCOCC2)cc1. The number of hydrogen-bond acceptors (Lipinski definition) is 3. The summed E-state index contributed by atoms with van der Waals surface area (Å²) in [6, 6.07) is 8.08. The van der Waals surface area contributed by atoms with Crippen LogP contribution in [0.5, 0.6) is 0 Å². The quantitative estimate of drug-likeness (QED) is 0.630. The molecule has 1 aromatic rings. The monoisotopic (exact) mass is 294 g/mol. The van der Waals surface area contributed by atoms with E-state index in [-0.39, 0.29) is 16.7 Å². The fourth-order valence-electron chi connectivity index (χ4n) is 2.50. The molecule has 0 unspecified atom stereocenters. The van der Waals surface area contributed by atoms with E-state index in [0.29, 0.717) is 13.2 Å². The summed E-state index contributed by atoms with van der Waals surface area (Å²) in [5.74, 6) is 0.193. The lowest BCUT2D eigenvalue weighted by Gasteiger charge is -2.39. The fourth-order valence-corrected chi connectivity index (χ4v) is 3.18. The van der Waals surface area contributed by atoms with Gasteiger partial charge in [0.1, 0.15) is 12.5 Å². The second kappa shape index (κ2) is 6.29. The molecule has 1 saturated heterocycles. The van der Waals surface area contributed by atoms with Crippen molar-refractivity contribution in [2.75, 3.05) is 38.8 Å². The third kappa shape index (κ3) is 3.25. The predicted molar refractivity (Wildman–Crippen MR) is 84.7 cm³/mol. The number of benzene rings is 1. The Hall–Kier alpha value is -0.840. The lowest BCUT2D eigenvalue weighted by Crippen LogP contribution is -2.54. The highest BCUT2D eigenvalue weighted by atomic mass is 32.2. The molecule has 0 spiro atoms. The maximum absolute atomic E-state index is 12.8. The molecule has 0 aliphatic carbocycles. The largest absolute Gasteiger partial charge is 0.379 e. The zero-order chi connectivity index (χ0) is 14.8. The Morgan fingerprint density at radius 3 is 2.20 bits per heavy atom. The van der Waals surface area contributed by atoms with Crippen molar-refractivity contribution in [1.82, 2.24) is 4.90 Å². The molecular formula is C16H24NO2S+. The Morgan fingerprint density at radius 1 is 1.15 bits per heavy atom. The molecule has 1 fully saturated rings. The van der Waals surface area contributed by atoms with E-state index in [1.54, 1.807) is 0 Å². The number of carbonyl (C=O) groups is 1. The molecule has 0 radical (unpaired) electrons. The minimum absolute atomic E-state index is 0.193. The van der Waals surface area contributed by atoms with E-state index in [9.17, 15) is 4.79 Å². The highest BCUT2D eigenvalue weighted by molar-refractivity contribution is 7.95. The molecule has 1 aliphatic heterocycles.